The maximum atomic E-state index is 13.0. The van der Waals surface area contributed by atoms with Crippen LogP contribution >= 0.6 is 0 Å². The van der Waals surface area contributed by atoms with Crippen molar-refractivity contribution < 1.29 is 19.2 Å². The zero-order valence-corrected chi connectivity index (χ0v) is 26.1. The Morgan fingerprint density at radius 2 is 1.22 bits per heavy atom. The van der Waals surface area contributed by atoms with E-state index in [0.717, 1.165) is 51.6 Å². The Morgan fingerprint density at radius 1 is 0.707 bits per heavy atom. The summed E-state index contributed by atoms with van der Waals surface area (Å²) >= 11 is 0. The molecule has 0 rings (SSSR count). The first-order chi connectivity index (χ1) is 19.6. The SMILES string of the molecule is CCCC(C)C(=O)NCCCN(CCCNC(=O)C(C)CCC)C(=O)CCC(=O)NCCCNCCCN=C(N)N. The Kier molecular flexibility index (Phi) is 23.1. The molecule has 0 aliphatic carbocycles. The topological polar surface area (TPSA) is 184 Å². The summed E-state index contributed by atoms with van der Waals surface area (Å²) in [5.74, 6) is -0.142. The highest BCUT2D eigenvalue weighted by atomic mass is 16.2. The van der Waals surface area contributed by atoms with Gasteiger partial charge in [-0.05, 0) is 51.6 Å². The Hall–Kier alpha value is -2.89. The van der Waals surface area contributed by atoms with E-state index in [4.69, 9.17) is 11.5 Å². The number of hydrogen-bond donors (Lipinski definition) is 6. The normalized spacial score (nSPS) is 12.2. The van der Waals surface area contributed by atoms with Gasteiger partial charge >= 0.3 is 0 Å². The number of nitrogens with one attached hydrogen (secondary N) is 4. The molecule has 0 aromatic rings. The van der Waals surface area contributed by atoms with Crippen molar-refractivity contribution in [2.75, 3.05) is 52.4 Å². The minimum atomic E-state index is -0.152. The lowest BCUT2D eigenvalue weighted by atomic mass is 10.1. The van der Waals surface area contributed by atoms with Crippen LogP contribution in [0.5, 0.6) is 0 Å². The summed E-state index contributed by atoms with van der Waals surface area (Å²) in [7, 11) is 0. The Bertz CT molecular complexity index is 742. The van der Waals surface area contributed by atoms with Crippen LogP contribution in [0.3, 0.4) is 0 Å². The van der Waals surface area contributed by atoms with Crippen LogP contribution in [0.15, 0.2) is 4.99 Å². The number of guanidine groups is 1. The van der Waals surface area contributed by atoms with Crippen molar-refractivity contribution in [3.63, 3.8) is 0 Å². The van der Waals surface area contributed by atoms with Crippen LogP contribution in [0.2, 0.25) is 0 Å². The molecule has 12 nitrogen and oxygen atoms in total. The van der Waals surface area contributed by atoms with E-state index in [0.29, 0.717) is 52.1 Å². The molecule has 12 heteroatoms. The van der Waals surface area contributed by atoms with Gasteiger partial charge in [-0.1, -0.05) is 40.5 Å². The molecule has 0 bridgehead atoms. The van der Waals surface area contributed by atoms with Crippen molar-refractivity contribution in [1.29, 1.82) is 0 Å². The second-order valence-corrected chi connectivity index (χ2v) is 10.7. The second-order valence-electron chi connectivity index (χ2n) is 10.7. The van der Waals surface area contributed by atoms with Crippen LogP contribution in [0.1, 0.15) is 91.9 Å². The van der Waals surface area contributed by atoms with Crippen LogP contribution in [0.25, 0.3) is 0 Å². The molecule has 0 spiro atoms. The number of amides is 4. The molecule has 0 aromatic carbocycles. The quantitative estimate of drug-likeness (QED) is 0.0531. The molecule has 41 heavy (non-hydrogen) atoms. The van der Waals surface area contributed by atoms with Crippen LogP contribution < -0.4 is 32.7 Å². The fraction of sp³-hybridized carbons (Fsp3) is 0.828. The number of carbonyl (C=O) groups is 4. The number of rotatable bonds is 25. The number of hydrogen-bond acceptors (Lipinski definition) is 6. The summed E-state index contributed by atoms with van der Waals surface area (Å²) in [4.78, 5) is 55.3. The predicted octanol–water partition coefficient (Wildman–Crippen LogP) is 1.24. The zero-order chi connectivity index (χ0) is 30.9. The molecule has 0 aromatic heterocycles. The van der Waals surface area contributed by atoms with Crippen LogP contribution in [-0.4, -0.2) is 86.8 Å². The lowest BCUT2D eigenvalue weighted by molar-refractivity contribution is -0.133. The maximum absolute atomic E-state index is 13.0. The molecular weight excluding hydrogens is 524 g/mol. The number of nitrogens with two attached hydrogens (primary N) is 2. The Labute approximate surface area is 247 Å². The van der Waals surface area contributed by atoms with Gasteiger partial charge in [-0.25, -0.2) is 0 Å². The molecule has 4 amide bonds. The third kappa shape index (κ3) is 21.5. The van der Waals surface area contributed by atoms with Gasteiger partial charge < -0.3 is 37.6 Å². The fourth-order valence-corrected chi connectivity index (χ4v) is 4.25. The highest BCUT2D eigenvalue weighted by Gasteiger charge is 2.17. The van der Waals surface area contributed by atoms with E-state index in [2.05, 4.69) is 40.1 Å². The van der Waals surface area contributed by atoms with Gasteiger partial charge in [-0.15, -0.1) is 0 Å². The Morgan fingerprint density at radius 3 is 1.73 bits per heavy atom. The molecule has 2 unspecified atom stereocenters. The Balaban J connectivity index is 4.49. The van der Waals surface area contributed by atoms with E-state index in [1.165, 1.54) is 0 Å². The van der Waals surface area contributed by atoms with E-state index in [1.807, 2.05) is 13.8 Å². The molecule has 0 aliphatic rings. The summed E-state index contributed by atoms with van der Waals surface area (Å²) in [6, 6.07) is 0. The molecule has 0 saturated carbocycles. The molecule has 8 N–H and O–H groups in total. The van der Waals surface area contributed by atoms with Crippen molar-refractivity contribution in [3.05, 3.63) is 0 Å². The average Bonchev–Trinajstić information content (AvgIpc) is 2.93. The summed E-state index contributed by atoms with van der Waals surface area (Å²) < 4.78 is 0. The highest BCUT2D eigenvalue weighted by molar-refractivity contribution is 5.83. The molecule has 238 valence electrons. The standard InChI is InChI=1S/C29H58N8O4/c1-5-11-23(3)27(40)34-19-9-21-37(22-10-20-35-28(41)24(4)12-6-2)26(39)14-13-25(38)33-17-7-15-32-16-8-18-36-29(30)31/h23-24,32H,5-22H2,1-4H3,(H,33,38)(H,34,40)(H,35,41)(H4,30,31,36). The first kappa shape index (κ1) is 38.1. The van der Waals surface area contributed by atoms with Gasteiger partial charge in [0, 0.05) is 63.9 Å². The van der Waals surface area contributed by atoms with E-state index in [-0.39, 0.29) is 54.3 Å². The van der Waals surface area contributed by atoms with Crippen molar-refractivity contribution in [1.82, 2.24) is 26.2 Å². The second kappa shape index (κ2) is 24.9. The average molecular weight is 583 g/mol. The van der Waals surface area contributed by atoms with Gasteiger partial charge in [0.15, 0.2) is 5.96 Å². The predicted molar refractivity (Wildman–Crippen MR) is 165 cm³/mol. The van der Waals surface area contributed by atoms with E-state index in [9.17, 15) is 19.2 Å². The minimum Gasteiger partial charge on any atom is -0.370 e. The highest BCUT2D eigenvalue weighted by Crippen LogP contribution is 2.06. The van der Waals surface area contributed by atoms with Gasteiger partial charge in [0.25, 0.3) is 0 Å². The third-order valence-electron chi connectivity index (χ3n) is 6.72. The maximum Gasteiger partial charge on any atom is 0.223 e. The van der Waals surface area contributed by atoms with Crippen molar-refractivity contribution >= 4 is 29.6 Å². The van der Waals surface area contributed by atoms with Crippen molar-refractivity contribution in [2.24, 2.45) is 28.3 Å². The monoisotopic (exact) mass is 582 g/mol. The molecule has 0 saturated heterocycles. The van der Waals surface area contributed by atoms with Crippen molar-refractivity contribution in [3.8, 4) is 0 Å². The summed E-state index contributed by atoms with van der Waals surface area (Å²) in [6.07, 6.45) is 6.70. The van der Waals surface area contributed by atoms with Gasteiger partial charge in [-0.3, -0.25) is 24.2 Å². The van der Waals surface area contributed by atoms with Crippen LogP contribution in [0, 0.1) is 11.8 Å². The van der Waals surface area contributed by atoms with E-state index in [1.54, 1.807) is 4.90 Å². The van der Waals surface area contributed by atoms with E-state index >= 15 is 0 Å². The molecule has 2 atom stereocenters. The molecular formula is C29H58N8O4. The molecule has 0 heterocycles. The van der Waals surface area contributed by atoms with Gasteiger partial charge in [0.05, 0.1) is 0 Å². The molecule has 0 radical (unpaired) electrons. The summed E-state index contributed by atoms with van der Waals surface area (Å²) in [5.41, 5.74) is 10.6. The zero-order valence-electron chi connectivity index (χ0n) is 26.1. The van der Waals surface area contributed by atoms with Gasteiger partial charge in [-0.2, -0.15) is 0 Å². The largest absolute Gasteiger partial charge is 0.370 e. The summed E-state index contributed by atoms with van der Waals surface area (Å²) in [5, 5.41) is 12.0. The number of nitrogens with zero attached hydrogens (tertiary/aromatic N) is 2. The first-order valence-electron chi connectivity index (χ1n) is 15.5. The lowest BCUT2D eigenvalue weighted by Crippen LogP contribution is -2.38. The van der Waals surface area contributed by atoms with Gasteiger partial charge in [0.2, 0.25) is 23.6 Å². The first-order valence-corrected chi connectivity index (χ1v) is 15.5. The number of carbonyl (C=O) groups excluding carboxylic acids is 4. The number of aliphatic imine (C=N–C) groups is 1. The minimum absolute atomic E-state index is 0.0262. The summed E-state index contributed by atoms with van der Waals surface area (Å²) in [6.45, 7) is 12.6. The van der Waals surface area contributed by atoms with Crippen LogP contribution in [-0.2, 0) is 19.2 Å². The molecule has 0 aliphatic heterocycles. The fourth-order valence-electron chi connectivity index (χ4n) is 4.25. The van der Waals surface area contributed by atoms with E-state index < -0.39 is 0 Å². The van der Waals surface area contributed by atoms with Crippen molar-refractivity contribution in [2.45, 2.75) is 91.9 Å². The van der Waals surface area contributed by atoms with Crippen LogP contribution in [0.4, 0.5) is 0 Å². The third-order valence-corrected chi connectivity index (χ3v) is 6.72. The molecule has 0 fully saturated rings. The smallest absolute Gasteiger partial charge is 0.223 e. The van der Waals surface area contributed by atoms with Gasteiger partial charge in [0.1, 0.15) is 0 Å². The lowest BCUT2D eigenvalue weighted by Gasteiger charge is -2.23.